The highest BCUT2D eigenvalue weighted by Gasteiger charge is 2.29. The summed E-state index contributed by atoms with van der Waals surface area (Å²) in [6, 6.07) is 0.347. The summed E-state index contributed by atoms with van der Waals surface area (Å²) in [5, 5.41) is 0. The number of rotatable bonds is 5. The average molecular weight is 369 g/mol. The Hall–Kier alpha value is -1.28. The maximum atomic E-state index is 12.5. The lowest BCUT2D eigenvalue weighted by molar-refractivity contribution is -0.141. The Morgan fingerprint density at radius 2 is 2.12 bits per heavy atom. The van der Waals surface area contributed by atoms with Crippen LogP contribution in [0.15, 0.2) is 12.4 Å². The molecule has 24 heavy (non-hydrogen) atoms. The van der Waals surface area contributed by atoms with Gasteiger partial charge in [-0.3, -0.25) is 4.79 Å². The molecule has 1 unspecified atom stereocenters. The van der Waals surface area contributed by atoms with Gasteiger partial charge in [-0.1, -0.05) is 0 Å². The van der Waals surface area contributed by atoms with E-state index in [1.54, 1.807) is 0 Å². The van der Waals surface area contributed by atoms with Gasteiger partial charge < -0.3 is 14.4 Å². The van der Waals surface area contributed by atoms with Gasteiger partial charge in [-0.25, -0.2) is 4.98 Å². The molecule has 1 aliphatic heterocycles. The van der Waals surface area contributed by atoms with Crippen LogP contribution >= 0.6 is 12.4 Å². The van der Waals surface area contributed by atoms with E-state index in [4.69, 9.17) is 0 Å². The molecule has 5 nitrogen and oxygen atoms in total. The van der Waals surface area contributed by atoms with Crippen molar-refractivity contribution >= 4 is 18.3 Å². The van der Waals surface area contributed by atoms with Crippen LogP contribution in [0.1, 0.15) is 25.1 Å². The predicted octanol–water partition coefficient (Wildman–Crippen LogP) is 2.35. The maximum Gasteiger partial charge on any atom is 0.406 e. The largest absolute Gasteiger partial charge is 0.406 e. The van der Waals surface area contributed by atoms with Gasteiger partial charge >= 0.3 is 6.18 Å². The summed E-state index contributed by atoms with van der Waals surface area (Å²) in [5.74, 6) is 0.287. The molecule has 1 amide bonds. The lowest BCUT2D eigenvalue weighted by Crippen LogP contribution is -2.47. The summed E-state index contributed by atoms with van der Waals surface area (Å²) in [6.07, 6.45) is 0.792. The minimum atomic E-state index is -4.29. The van der Waals surface area contributed by atoms with Gasteiger partial charge in [0.1, 0.15) is 12.4 Å². The number of hydrogen-bond acceptors (Lipinski definition) is 3. The van der Waals surface area contributed by atoms with Crippen molar-refractivity contribution in [1.82, 2.24) is 19.4 Å². The van der Waals surface area contributed by atoms with Crippen LogP contribution in [0.3, 0.4) is 0 Å². The van der Waals surface area contributed by atoms with Crippen molar-refractivity contribution in [2.75, 3.05) is 27.2 Å². The molecule has 0 spiro atoms. The molecule has 138 valence electrons. The van der Waals surface area contributed by atoms with E-state index in [9.17, 15) is 18.0 Å². The van der Waals surface area contributed by atoms with Gasteiger partial charge in [-0.2, -0.15) is 13.2 Å². The molecule has 1 atom stereocenters. The minimum Gasteiger partial charge on any atom is -0.341 e. The van der Waals surface area contributed by atoms with E-state index in [1.165, 1.54) is 12.4 Å². The van der Waals surface area contributed by atoms with Crippen molar-refractivity contribution in [1.29, 1.82) is 0 Å². The zero-order valence-electron chi connectivity index (χ0n) is 13.9. The molecular formula is C15H24ClF3N4O. The number of piperidine rings is 1. The van der Waals surface area contributed by atoms with Gasteiger partial charge in [-0.15, -0.1) is 12.4 Å². The highest BCUT2D eigenvalue weighted by molar-refractivity contribution is 5.85. The Bertz CT molecular complexity index is 533. The fourth-order valence-corrected chi connectivity index (χ4v) is 2.88. The van der Waals surface area contributed by atoms with Gasteiger partial charge in [0, 0.05) is 44.4 Å². The number of likely N-dealkylation sites (tertiary alicyclic amines) is 1. The standard InChI is InChI=1S/C15H23F3N4O.ClH/c1-20(2)12-4-3-8-21(10-12)14(23)6-5-13-19-7-9-22(13)11-15(16,17)18;/h7,9,12H,3-6,8,10-11H2,1-2H3;1H. The molecule has 0 saturated carbocycles. The van der Waals surface area contributed by atoms with E-state index in [0.717, 1.165) is 24.0 Å². The Morgan fingerprint density at radius 3 is 2.75 bits per heavy atom. The molecule has 0 aromatic carbocycles. The SMILES string of the molecule is CN(C)C1CCCN(C(=O)CCc2nccn2CC(F)(F)F)C1.Cl. The van der Waals surface area contributed by atoms with Crippen LogP contribution in [0.25, 0.3) is 0 Å². The van der Waals surface area contributed by atoms with Crippen LogP contribution in [0.2, 0.25) is 0 Å². The quantitative estimate of drug-likeness (QED) is 0.801. The second-order valence-electron chi connectivity index (χ2n) is 6.19. The number of hydrogen-bond donors (Lipinski definition) is 0. The third kappa shape index (κ3) is 5.98. The third-order valence-corrected chi connectivity index (χ3v) is 4.19. The van der Waals surface area contributed by atoms with Crippen LogP contribution in [0.4, 0.5) is 13.2 Å². The van der Waals surface area contributed by atoms with Crippen LogP contribution in [-0.4, -0.2) is 64.7 Å². The second-order valence-corrected chi connectivity index (χ2v) is 6.19. The van der Waals surface area contributed by atoms with E-state index < -0.39 is 12.7 Å². The van der Waals surface area contributed by atoms with Gasteiger partial charge in [-0.05, 0) is 26.9 Å². The average Bonchev–Trinajstić information content (AvgIpc) is 2.90. The first-order valence-corrected chi connectivity index (χ1v) is 7.77. The number of amides is 1. The van der Waals surface area contributed by atoms with Crippen molar-refractivity contribution in [3.05, 3.63) is 18.2 Å². The number of carbonyl (C=O) groups is 1. The highest BCUT2D eigenvalue weighted by atomic mass is 35.5. The van der Waals surface area contributed by atoms with Crippen molar-refractivity contribution < 1.29 is 18.0 Å². The number of alkyl halides is 3. The molecule has 2 heterocycles. The van der Waals surface area contributed by atoms with Crippen LogP contribution in [0.5, 0.6) is 0 Å². The number of likely N-dealkylation sites (N-methyl/N-ethyl adjacent to an activating group) is 1. The predicted molar refractivity (Wildman–Crippen MR) is 87.1 cm³/mol. The summed E-state index contributed by atoms with van der Waals surface area (Å²) < 4.78 is 38.5. The molecule has 9 heteroatoms. The van der Waals surface area contributed by atoms with Crippen molar-refractivity contribution in [2.24, 2.45) is 0 Å². The summed E-state index contributed by atoms with van der Waals surface area (Å²) in [5.41, 5.74) is 0. The molecular weight excluding hydrogens is 345 g/mol. The van der Waals surface area contributed by atoms with Crippen molar-refractivity contribution in [3.8, 4) is 0 Å². The zero-order chi connectivity index (χ0) is 17.0. The normalized spacial score (nSPS) is 18.6. The molecule has 0 radical (unpaired) electrons. The highest BCUT2D eigenvalue weighted by Crippen LogP contribution is 2.19. The number of carbonyl (C=O) groups excluding carboxylic acids is 1. The van der Waals surface area contributed by atoms with E-state index in [1.807, 2.05) is 19.0 Å². The lowest BCUT2D eigenvalue weighted by Gasteiger charge is -2.36. The van der Waals surface area contributed by atoms with Gasteiger partial charge in [0.25, 0.3) is 0 Å². The van der Waals surface area contributed by atoms with Gasteiger partial charge in [0.2, 0.25) is 5.91 Å². The Balaban J connectivity index is 0.00000288. The lowest BCUT2D eigenvalue weighted by atomic mass is 10.0. The van der Waals surface area contributed by atoms with E-state index in [2.05, 4.69) is 9.88 Å². The monoisotopic (exact) mass is 368 g/mol. The summed E-state index contributed by atoms with van der Waals surface area (Å²) >= 11 is 0. The molecule has 0 aliphatic carbocycles. The Kier molecular flexibility index (Phi) is 7.54. The number of aromatic nitrogens is 2. The molecule has 1 saturated heterocycles. The smallest absolute Gasteiger partial charge is 0.341 e. The Labute approximate surface area is 146 Å². The topological polar surface area (TPSA) is 41.4 Å². The van der Waals surface area contributed by atoms with Crippen LogP contribution < -0.4 is 0 Å². The molecule has 2 rings (SSSR count). The first kappa shape index (κ1) is 20.8. The number of halogens is 4. The molecule has 1 aromatic rings. The summed E-state index contributed by atoms with van der Waals surface area (Å²) in [6.45, 7) is 0.339. The maximum absolute atomic E-state index is 12.5. The fraction of sp³-hybridized carbons (Fsp3) is 0.733. The summed E-state index contributed by atoms with van der Waals surface area (Å²) in [4.78, 5) is 20.2. The number of nitrogens with zero attached hydrogens (tertiary/aromatic N) is 4. The summed E-state index contributed by atoms with van der Waals surface area (Å²) in [7, 11) is 3.99. The first-order chi connectivity index (χ1) is 10.8. The molecule has 1 aliphatic rings. The van der Waals surface area contributed by atoms with E-state index >= 15 is 0 Å². The van der Waals surface area contributed by atoms with E-state index in [-0.39, 0.29) is 31.2 Å². The number of imidazole rings is 1. The zero-order valence-corrected chi connectivity index (χ0v) is 14.7. The third-order valence-electron chi connectivity index (χ3n) is 4.19. The fourth-order valence-electron chi connectivity index (χ4n) is 2.88. The van der Waals surface area contributed by atoms with Crippen molar-refractivity contribution in [2.45, 2.75) is 44.4 Å². The first-order valence-electron chi connectivity index (χ1n) is 7.77. The van der Waals surface area contributed by atoms with Gasteiger partial charge in [0.15, 0.2) is 0 Å². The van der Waals surface area contributed by atoms with Crippen LogP contribution in [-0.2, 0) is 17.8 Å². The molecule has 0 bridgehead atoms. The Morgan fingerprint density at radius 1 is 1.42 bits per heavy atom. The molecule has 0 N–H and O–H groups in total. The second kappa shape index (κ2) is 8.71. The molecule has 1 aromatic heterocycles. The van der Waals surface area contributed by atoms with Crippen molar-refractivity contribution in [3.63, 3.8) is 0 Å². The minimum absolute atomic E-state index is 0. The van der Waals surface area contributed by atoms with Crippen LogP contribution in [0, 0.1) is 0 Å². The number of aryl methyl sites for hydroxylation is 1. The molecule has 1 fully saturated rings. The van der Waals surface area contributed by atoms with Gasteiger partial charge in [0.05, 0.1) is 0 Å². The van der Waals surface area contributed by atoms with E-state index in [0.29, 0.717) is 18.4 Å².